The van der Waals surface area contributed by atoms with E-state index in [1.54, 1.807) is 30.6 Å². The molecular weight excluding hydrogens is 332 g/mol. The smallest absolute Gasteiger partial charge is 0.258 e. The number of nitrogens with zero attached hydrogens (tertiary/aromatic N) is 3. The fraction of sp³-hybridized carbons (Fsp3) is 0.0667. The number of hydrogen-bond donors (Lipinski definition) is 1. The maximum atomic E-state index is 12.3. The van der Waals surface area contributed by atoms with Gasteiger partial charge in [-0.25, -0.2) is 13.1 Å². The Morgan fingerprint density at radius 2 is 1.79 bits per heavy atom. The van der Waals surface area contributed by atoms with Gasteiger partial charge in [-0.3, -0.25) is 20.1 Å². The van der Waals surface area contributed by atoms with Crippen molar-refractivity contribution in [1.82, 2.24) is 14.7 Å². The van der Waals surface area contributed by atoms with E-state index >= 15 is 0 Å². The molecule has 0 saturated carbocycles. The summed E-state index contributed by atoms with van der Waals surface area (Å²) in [6.45, 7) is 0.0392. The number of nitro benzene ring substituents is 1. The third-order valence-electron chi connectivity index (χ3n) is 3.34. The number of fused-ring (bicyclic) bond motifs is 1. The quantitative estimate of drug-likeness (QED) is 0.559. The molecule has 0 bridgehead atoms. The molecule has 0 fully saturated rings. The third-order valence-corrected chi connectivity index (χ3v) is 4.74. The Labute approximate surface area is 137 Å². The van der Waals surface area contributed by atoms with E-state index in [1.165, 1.54) is 18.2 Å². The zero-order valence-corrected chi connectivity index (χ0v) is 13.1. The summed E-state index contributed by atoms with van der Waals surface area (Å²) >= 11 is 0. The van der Waals surface area contributed by atoms with Gasteiger partial charge in [0.25, 0.3) is 5.69 Å². The number of sulfonamides is 1. The Balaban J connectivity index is 1.81. The van der Waals surface area contributed by atoms with E-state index in [4.69, 9.17) is 0 Å². The average Bonchev–Trinajstić information content (AvgIpc) is 2.60. The van der Waals surface area contributed by atoms with Gasteiger partial charge in [0.1, 0.15) is 0 Å². The summed E-state index contributed by atoms with van der Waals surface area (Å²) in [4.78, 5) is 18.3. The first-order valence-electron chi connectivity index (χ1n) is 6.89. The van der Waals surface area contributed by atoms with Gasteiger partial charge >= 0.3 is 0 Å². The number of hydrogen-bond acceptors (Lipinski definition) is 6. The van der Waals surface area contributed by atoms with Gasteiger partial charge in [-0.15, -0.1) is 0 Å². The normalized spacial score (nSPS) is 11.5. The first-order chi connectivity index (χ1) is 11.5. The minimum absolute atomic E-state index is 0.0392. The Hall–Kier alpha value is -2.91. The van der Waals surface area contributed by atoms with Crippen molar-refractivity contribution in [2.24, 2.45) is 0 Å². The van der Waals surface area contributed by atoms with E-state index in [-0.39, 0.29) is 17.1 Å². The summed E-state index contributed by atoms with van der Waals surface area (Å²) in [5.74, 6) is 0. The van der Waals surface area contributed by atoms with Crippen molar-refractivity contribution >= 4 is 26.7 Å². The highest BCUT2D eigenvalue weighted by atomic mass is 32.2. The van der Waals surface area contributed by atoms with Crippen molar-refractivity contribution in [3.63, 3.8) is 0 Å². The van der Waals surface area contributed by atoms with Crippen LogP contribution < -0.4 is 4.72 Å². The van der Waals surface area contributed by atoms with Gasteiger partial charge in [0.15, 0.2) is 0 Å². The Kier molecular flexibility index (Phi) is 4.19. The SMILES string of the molecule is O=[N+]([O-])c1cccc(S(=O)(=O)NCc2ccc3nccnc3c2)c1. The standard InChI is InChI=1S/C15H12N4O4S/c20-19(21)12-2-1-3-13(9-12)24(22,23)18-10-11-4-5-14-15(8-11)17-7-6-16-14/h1-9,18H,10H2. The van der Waals surface area contributed by atoms with E-state index in [1.807, 2.05) is 0 Å². The number of rotatable bonds is 5. The van der Waals surface area contributed by atoms with Crippen LogP contribution >= 0.6 is 0 Å². The Morgan fingerprint density at radius 3 is 2.54 bits per heavy atom. The molecule has 0 amide bonds. The van der Waals surface area contributed by atoms with Crippen molar-refractivity contribution in [2.75, 3.05) is 0 Å². The van der Waals surface area contributed by atoms with Crippen LogP contribution in [0.1, 0.15) is 5.56 Å². The molecule has 122 valence electrons. The molecule has 0 radical (unpaired) electrons. The molecular formula is C15H12N4O4S. The van der Waals surface area contributed by atoms with Crippen molar-refractivity contribution < 1.29 is 13.3 Å². The first-order valence-corrected chi connectivity index (χ1v) is 8.38. The fourth-order valence-electron chi connectivity index (χ4n) is 2.14. The van der Waals surface area contributed by atoms with Crippen LogP contribution in [0.3, 0.4) is 0 Å². The molecule has 1 heterocycles. The van der Waals surface area contributed by atoms with E-state index in [9.17, 15) is 18.5 Å². The summed E-state index contributed by atoms with van der Waals surface area (Å²) in [6.07, 6.45) is 3.13. The topological polar surface area (TPSA) is 115 Å². The first kappa shape index (κ1) is 16.0. The lowest BCUT2D eigenvalue weighted by Crippen LogP contribution is -2.23. The molecule has 0 saturated heterocycles. The minimum Gasteiger partial charge on any atom is -0.258 e. The molecule has 0 atom stereocenters. The maximum absolute atomic E-state index is 12.3. The summed E-state index contributed by atoms with van der Waals surface area (Å²) in [5.41, 5.74) is 1.79. The fourth-order valence-corrected chi connectivity index (χ4v) is 3.20. The lowest BCUT2D eigenvalue weighted by atomic mass is 10.2. The molecule has 9 heteroatoms. The Morgan fingerprint density at radius 1 is 1.04 bits per heavy atom. The second-order valence-electron chi connectivity index (χ2n) is 4.96. The summed E-state index contributed by atoms with van der Waals surface area (Å²) in [6, 6.07) is 10.1. The van der Waals surface area contributed by atoms with Crippen LogP contribution in [0.4, 0.5) is 5.69 Å². The van der Waals surface area contributed by atoms with E-state index in [0.717, 1.165) is 6.07 Å². The van der Waals surface area contributed by atoms with Gasteiger partial charge in [0.2, 0.25) is 10.0 Å². The van der Waals surface area contributed by atoms with Crippen molar-refractivity contribution in [2.45, 2.75) is 11.4 Å². The number of non-ortho nitro benzene ring substituents is 1. The van der Waals surface area contributed by atoms with Crippen LogP contribution in [-0.4, -0.2) is 23.3 Å². The molecule has 0 aliphatic carbocycles. The predicted molar refractivity (Wildman–Crippen MR) is 86.7 cm³/mol. The zero-order chi connectivity index (χ0) is 17.2. The lowest BCUT2D eigenvalue weighted by molar-refractivity contribution is -0.385. The molecule has 24 heavy (non-hydrogen) atoms. The molecule has 1 aromatic heterocycles. The van der Waals surface area contributed by atoms with Crippen LogP contribution in [-0.2, 0) is 16.6 Å². The number of benzene rings is 2. The number of aromatic nitrogens is 2. The highest BCUT2D eigenvalue weighted by Crippen LogP contribution is 2.18. The predicted octanol–water partition coefficient (Wildman–Crippen LogP) is 2.02. The monoisotopic (exact) mass is 344 g/mol. The van der Waals surface area contributed by atoms with Crippen LogP contribution in [0.2, 0.25) is 0 Å². The molecule has 2 aromatic carbocycles. The molecule has 8 nitrogen and oxygen atoms in total. The molecule has 3 aromatic rings. The minimum atomic E-state index is -3.86. The van der Waals surface area contributed by atoms with Gasteiger partial charge in [0, 0.05) is 31.1 Å². The van der Waals surface area contributed by atoms with E-state index in [2.05, 4.69) is 14.7 Å². The van der Waals surface area contributed by atoms with E-state index in [0.29, 0.717) is 16.6 Å². The highest BCUT2D eigenvalue weighted by molar-refractivity contribution is 7.89. The summed E-state index contributed by atoms with van der Waals surface area (Å²) < 4.78 is 27.0. The summed E-state index contributed by atoms with van der Waals surface area (Å²) in [5, 5.41) is 10.8. The van der Waals surface area contributed by atoms with Crippen LogP contribution in [0, 0.1) is 10.1 Å². The van der Waals surface area contributed by atoms with Crippen LogP contribution in [0.5, 0.6) is 0 Å². The molecule has 3 rings (SSSR count). The van der Waals surface area contributed by atoms with Crippen molar-refractivity contribution in [1.29, 1.82) is 0 Å². The van der Waals surface area contributed by atoms with Crippen molar-refractivity contribution in [3.05, 3.63) is 70.5 Å². The van der Waals surface area contributed by atoms with E-state index < -0.39 is 14.9 Å². The molecule has 0 spiro atoms. The van der Waals surface area contributed by atoms with Gasteiger partial charge in [-0.1, -0.05) is 12.1 Å². The molecule has 1 N–H and O–H groups in total. The largest absolute Gasteiger partial charge is 0.270 e. The second kappa shape index (κ2) is 6.30. The van der Waals surface area contributed by atoms with Crippen LogP contribution in [0.25, 0.3) is 11.0 Å². The van der Waals surface area contributed by atoms with Crippen LogP contribution in [0.15, 0.2) is 59.8 Å². The Bertz CT molecular complexity index is 1020. The number of nitro groups is 1. The van der Waals surface area contributed by atoms with Gasteiger partial charge in [0.05, 0.1) is 20.9 Å². The third kappa shape index (κ3) is 3.36. The van der Waals surface area contributed by atoms with Gasteiger partial charge in [-0.2, -0.15) is 0 Å². The van der Waals surface area contributed by atoms with Crippen molar-refractivity contribution in [3.8, 4) is 0 Å². The highest BCUT2D eigenvalue weighted by Gasteiger charge is 2.17. The average molecular weight is 344 g/mol. The van der Waals surface area contributed by atoms with Gasteiger partial charge < -0.3 is 0 Å². The second-order valence-corrected chi connectivity index (χ2v) is 6.73. The molecule has 0 aliphatic heterocycles. The maximum Gasteiger partial charge on any atom is 0.270 e. The molecule has 0 aliphatic rings. The molecule has 0 unspecified atom stereocenters. The number of nitrogens with one attached hydrogen (secondary N) is 1. The zero-order valence-electron chi connectivity index (χ0n) is 12.3. The lowest BCUT2D eigenvalue weighted by Gasteiger charge is -2.07. The summed E-state index contributed by atoms with van der Waals surface area (Å²) in [7, 11) is -3.86. The van der Waals surface area contributed by atoms with Gasteiger partial charge in [-0.05, 0) is 23.8 Å².